The number of hydrogen-bond acceptors (Lipinski definition) is 2. The van der Waals surface area contributed by atoms with Gasteiger partial charge in [-0.2, -0.15) is 0 Å². The Bertz CT molecular complexity index is 391. The summed E-state index contributed by atoms with van der Waals surface area (Å²) in [5.41, 5.74) is 1.47. The maximum atomic E-state index is 5.66. The van der Waals surface area contributed by atoms with E-state index in [1.807, 2.05) is 6.92 Å². The maximum Gasteiger partial charge on any atom is 0.119 e. The van der Waals surface area contributed by atoms with Crippen molar-refractivity contribution in [3.8, 4) is 5.75 Å². The SMILES string of the molecule is CCCNCC1CCCCC1c1cccc(OCC)c1. The van der Waals surface area contributed by atoms with Gasteiger partial charge in [0.25, 0.3) is 0 Å². The van der Waals surface area contributed by atoms with Crippen LogP contribution in [0.4, 0.5) is 0 Å². The molecule has 2 unspecified atom stereocenters. The largest absolute Gasteiger partial charge is 0.494 e. The van der Waals surface area contributed by atoms with E-state index in [1.165, 1.54) is 37.7 Å². The van der Waals surface area contributed by atoms with Crippen LogP contribution in [0.25, 0.3) is 0 Å². The van der Waals surface area contributed by atoms with Crippen LogP contribution in [0.5, 0.6) is 5.75 Å². The summed E-state index contributed by atoms with van der Waals surface area (Å²) in [5.74, 6) is 2.51. The van der Waals surface area contributed by atoms with Gasteiger partial charge in [-0.15, -0.1) is 0 Å². The number of nitrogens with one attached hydrogen (secondary N) is 1. The first-order chi connectivity index (χ1) is 9.85. The molecule has 1 saturated carbocycles. The molecular weight excluding hydrogens is 246 g/mol. The molecule has 0 saturated heterocycles. The molecule has 2 heteroatoms. The van der Waals surface area contributed by atoms with Gasteiger partial charge < -0.3 is 10.1 Å². The number of hydrogen-bond donors (Lipinski definition) is 1. The molecule has 0 heterocycles. The lowest BCUT2D eigenvalue weighted by atomic mass is 9.75. The Labute approximate surface area is 123 Å². The van der Waals surface area contributed by atoms with E-state index in [9.17, 15) is 0 Å². The van der Waals surface area contributed by atoms with Crippen molar-refractivity contribution in [2.24, 2.45) is 5.92 Å². The third-order valence-corrected chi connectivity index (χ3v) is 4.34. The molecule has 1 aliphatic rings. The van der Waals surface area contributed by atoms with Gasteiger partial charge in [-0.05, 0) is 68.8 Å². The van der Waals surface area contributed by atoms with Crippen molar-refractivity contribution >= 4 is 0 Å². The molecule has 2 nitrogen and oxygen atoms in total. The fraction of sp³-hybridized carbons (Fsp3) is 0.667. The van der Waals surface area contributed by atoms with E-state index >= 15 is 0 Å². The smallest absolute Gasteiger partial charge is 0.119 e. The highest BCUT2D eigenvalue weighted by molar-refractivity contribution is 5.31. The number of rotatable bonds is 7. The maximum absolute atomic E-state index is 5.66. The lowest BCUT2D eigenvalue weighted by Gasteiger charge is -2.32. The fourth-order valence-corrected chi connectivity index (χ4v) is 3.36. The molecule has 2 rings (SSSR count). The molecule has 1 fully saturated rings. The van der Waals surface area contributed by atoms with E-state index in [4.69, 9.17) is 4.74 Å². The highest BCUT2D eigenvalue weighted by Crippen LogP contribution is 2.38. The molecule has 1 aromatic carbocycles. The topological polar surface area (TPSA) is 21.3 Å². The minimum atomic E-state index is 0.702. The van der Waals surface area contributed by atoms with Crippen molar-refractivity contribution < 1.29 is 4.74 Å². The Kier molecular flexibility index (Phi) is 6.38. The highest BCUT2D eigenvalue weighted by atomic mass is 16.5. The summed E-state index contributed by atoms with van der Waals surface area (Å²) in [5, 5.41) is 3.61. The van der Waals surface area contributed by atoms with Gasteiger partial charge in [0, 0.05) is 0 Å². The van der Waals surface area contributed by atoms with Crippen molar-refractivity contribution in [1.82, 2.24) is 5.32 Å². The predicted molar refractivity (Wildman–Crippen MR) is 85.5 cm³/mol. The normalized spacial score (nSPS) is 22.7. The summed E-state index contributed by atoms with van der Waals surface area (Å²) in [7, 11) is 0. The van der Waals surface area contributed by atoms with Crippen molar-refractivity contribution in [2.75, 3.05) is 19.7 Å². The molecule has 0 spiro atoms. The van der Waals surface area contributed by atoms with Crippen molar-refractivity contribution in [3.63, 3.8) is 0 Å². The van der Waals surface area contributed by atoms with Crippen LogP contribution in [0.3, 0.4) is 0 Å². The number of ether oxygens (including phenoxy) is 1. The quantitative estimate of drug-likeness (QED) is 0.747. The molecule has 1 aromatic rings. The summed E-state index contributed by atoms with van der Waals surface area (Å²) in [4.78, 5) is 0. The Morgan fingerprint density at radius 3 is 2.85 bits per heavy atom. The van der Waals surface area contributed by atoms with E-state index in [-0.39, 0.29) is 0 Å². The van der Waals surface area contributed by atoms with Gasteiger partial charge in [0.1, 0.15) is 5.75 Å². The van der Waals surface area contributed by atoms with E-state index in [1.54, 1.807) is 0 Å². The minimum Gasteiger partial charge on any atom is -0.494 e. The lowest BCUT2D eigenvalue weighted by molar-refractivity contribution is 0.294. The summed E-state index contributed by atoms with van der Waals surface area (Å²) in [6.07, 6.45) is 6.67. The van der Waals surface area contributed by atoms with Crippen LogP contribution in [-0.4, -0.2) is 19.7 Å². The first-order valence-corrected chi connectivity index (χ1v) is 8.28. The van der Waals surface area contributed by atoms with Gasteiger partial charge in [0.15, 0.2) is 0 Å². The summed E-state index contributed by atoms with van der Waals surface area (Å²) < 4.78 is 5.66. The molecule has 0 radical (unpaired) electrons. The van der Waals surface area contributed by atoms with Crippen molar-refractivity contribution in [1.29, 1.82) is 0 Å². The van der Waals surface area contributed by atoms with Gasteiger partial charge in [-0.3, -0.25) is 0 Å². The van der Waals surface area contributed by atoms with Crippen LogP contribution >= 0.6 is 0 Å². The van der Waals surface area contributed by atoms with Crippen LogP contribution in [0, 0.1) is 5.92 Å². The summed E-state index contributed by atoms with van der Waals surface area (Å²) in [6, 6.07) is 8.75. The average molecular weight is 275 g/mol. The Balaban J connectivity index is 2.04. The molecule has 1 aliphatic carbocycles. The zero-order chi connectivity index (χ0) is 14.2. The second-order valence-corrected chi connectivity index (χ2v) is 5.86. The molecular formula is C18H29NO. The molecule has 2 atom stereocenters. The van der Waals surface area contributed by atoms with Crippen LogP contribution in [0.2, 0.25) is 0 Å². The second kappa shape index (κ2) is 8.31. The van der Waals surface area contributed by atoms with Crippen LogP contribution in [0.15, 0.2) is 24.3 Å². The van der Waals surface area contributed by atoms with Gasteiger partial charge >= 0.3 is 0 Å². The monoisotopic (exact) mass is 275 g/mol. The van der Waals surface area contributed by atoms with E-state index < -0.39 is 0 Å². The van der Waals surface area contributed by atoms with Crippen LogP contribution in [-0.2, 0) is 0 Å². The molecule has 0 amide bonds. The molecule has 0 aromatic heterocycles. The van der Waals surface area contributed by atoms with Crippen molar-refractivity contribution in [2.45, 2.75) is 51.9 Å². The molecule has 1 N–H and O–H groups in total. The Hall–Kier alpha value is -1.02. The third kappa shape index (κ3) is 4.24. The standard InChI is InChI=1S/C18H29NO/c1-3-12-19-14-16-8-5-6-11-18(16)15-9-7-10-17(13-15)20-4-2/h7,9-10,13,16,18-19H,3-6,8,11-12,14H2,1-2H3. The van der Waals surface area contributed by atoms with Gasteiger partial charge in [0.05, 0.1) is 6.61 Å². The summed E-state index contributed by atoms with van der Waals surface area (Å²) >= 11 is 0. The predicted octanol–water partition coefficient (Wildman–Crippen LogP) is 4.36. The molecule has 0 aliphatic heterocycles. The van der Waals surface area contributed by atoms with Crippen LogP contribution < -0.4 is 10.1 Å². The summed E-state index contributed by atoms with van der Waals surface area (Å²) in [6.45, 7) is 7.33. The molecule has 20 heavy (non-hydrogen) atoms. The first kappa shape index (κ1) is 15.4. The average Bonchev–Trinajstić information content (AvgIpc) is 2.49. The van der Waals surface area contributed by atoms with E-state index in [0.29, 0.717) is 5.92 Å². The zero-order valence-electron chi connectivity index (χ0n) is 13.0. The van der Waals surface area contributed by atoms with Crippen LogP contribution in [0.1, 0.15) is 57.4 Å². The van der Waals surface area contributed by atoms with Gasteiger partial charge in [-0.25, -0.2) is 0 Å². The zero-order valence-corrected chi connectivity index (χ0v) is 13.0. The molecule has 112 valence electrons. The van der Waals surface area contributed by atoms with E-state index in [0.717, 1.165) is 31.4 Å². The van der Waals surface area contributed by atoms with Gasteiger partial charge in [-0.1, -0.05) is 31.9 Å². The third-order valence-electron chi connectivity index (χ3n) is 4.34. The first-order valence-electron chi connectivity index (χ1n) is 8.28. The minimum absolute atomic E-state index is 0.702. The Morgan fingerprint density at radius 1 is 1.20 bits per heavy atom. The van der Waals surface area contributed by atoms with Gasteiger partial charge in [0.2, 0.25) is 0 Å². The van der Waals surface area contributed by atoms with E-state index in [2.05, 4.69) is 36.5 Å². The highest BCUT2D eigenvalue weighted by Gasteiger charge is 2.26. The molecule has 0 bridgehead atoms. The number of benzene rings is 1. The fourth-order valence-electron chi connectivity index (χ4n) is 3.36. The van der Waals surface area contributed by atoms with Crippen molar-refractivity contribution in [3.05, 3.63) is 29.8 Å². The Morgan fingerprint density at radius 2 is 2.05 bits per heavy atom. The lowest BCUT2D eigenvalue weighted by Crippen LogP contribution is -2.30. The second-order valence-electron chi connectivity index (χ2n) is 5.86.